The predicted molar refractivity (Wildman–Crippen MR) is 194 cm³/mol. The fraction of sp³-hybridized carbons (Fsp3) is 0.488. The molecule has 1 unspecified atom stereocenters. The molecule has 0 radical (unpaired) electrons. The van der Waals surface area contributed by atoms with Gasteiger partial charge in [-0.25, -0.2) is 8.78 Å². The molecule has 6 rings (SSSR count). The molecule has 3 aliphatic heterocycles. The van der Waals surface area contributed by atoms with Crippen LogP contribution in [0.2, 0.25) is 0 Å². The van der Waals surface area contributed by atoms with Gasteiger partial charge in [0.2, 0.25) is 5.91 Å². The molecule has 1 atom stereocenters. The third-order valence-electron chi connectivity index (χ3n) is 10.7. The standard InChI is InChI=1S/C21H30FN3O2.C20H21FN2O/c22-18-8-6-17(7-9-18)19(26)5-4-12-24-15-10-21(11-16-24,20(23)27)25-13-2-1-3-14-25;1-23(2)11-3-10-20(17-5-7-18(21)8-6-17)19-9-4-15(13-22)12-16(19)14-24-20/h6-9H,1-5,10-16H2,(H2,23,27);4-9,12H,3,10-11,14H2,1-2H3. The maximum Gasteiger partial charge on any atom is 0.238 e. The van der Waals surface area contributed by atoms with E-state index in [1.165, 1.54) is 30.7 Å². The summed E-state index contributed by atoms with van der Waals surface area (Å²) in [5.74, 6) is -0.714. The second kappa shape index (κ2) is 17.5. The van der Waals surface area contributed by atoms with E-state index in [0.717, 1.165) is 101 Å². The summed E-state index contributed by atoms with van der Waals surface area (Å²) in [6.45, 7) is 5.88. The van der Waals surface area contributed by atoms with Gasteiger partial charge in [-0.2, -0.15) is 5.26 Å². The van der Waals surface area contributed by atoms with Gasteiger partial charge in [0, 0.05) is 25.1 Å². The van der Waals surface area contributed by atoms with E-state index in [2.05, 4.69) is 20.8 Å². The van der Waals surface area contributed by atoms with Crippen LogP contribution in [0.15, 0.2) is 66.7 Å². The van der Waals surface area contributed by atoms with Crippen molar-refractivity contribution in [3.63, 3.8) is 0 Å². The lowest BCUT2D eigenvalue weighted by Crippen LogP contribution is -2.63. The summed E-state index contributed by atoms with van der Waals surface area (Å²) in [5.41, 5.74) is 9.08. The molecule has 0 aromatic heterocycles. The minimum Gasteiger partial charge on any atom is -0.368 e. The van der Waals surface area contributed by atoms with Gasteiger partial charge in [0.05, 0.1) is 18.2 Å². The third kappa shape index (κ3) is 9.27. The van der Waals surface area contributed by atoms with Gasteiger partial charge in [0.25, 0.3) is 0 Å². The van der Waals surface area contributed by atoms with Gasteiger partial charge in [0.15, 0.2) is 5.78 Å². The van der Waals surface area contributed by atoms with Crippen LogP contribution in [0, 0.1) is 23.0 Å². The first-order valence-electron chi connectivity index (χ1n) is 18.2. The normalized spacial score (nSPS) is 20.2. The van der Waals surface area contributed by atoms with Gasteiger partial charge in [0.1, 0.15) is 22.8 Å². The lowest BCUT2D eigenvalue weighted by Gasteiger charge is -2.48. The first-order valence-corrected chi connectivity index (χ1v) is 18.2. The molecule has 51 heavy (non-hydrogen) atoms. The fourth-order valence-electron chi connectivity index (χ4n) is 7.84. The molecule has 0 spiro atoms. The van der Waals surface area contributed by atoms with E-state index >= 15 is 0 Å². The minimum atomic E-state index is -0.562. The Hall–Kier alpha value is -4.01. The van der Waals surface area contributed by atoms with Crippen molar-refractivity contribution in [2.75, 3.05) is 53.4 Å². The monoisotopic (exact) mass is 699 g/mol. The van der Waals surface area contributed by atoms with E-state index in [0.29, 0.717) is 24.2 Å². The number of nitrogens with zero attached hydrogens (tertiary/aromatic N) is 4. The highest BCUT2D eigenvalue weighted by Crippen LogP contribution is 2.45. The number of likely N-dealkylation sites (tertiary alicyclic amines) is 2. The highest BCUT2D eigenvalue weighted by Gasteiger charge is 2.45. The van der Waals surface area contributed by atoms with Gasteiger partial charge in [-0.3, -0.25) is 14.5 Å². The molecule has 3 heterocycles. The summed E-state index contributed by atoms with van der Waals surface area (Å²) < 4.78 is 32.6. The van der Waals surface area contributed by atoms with Crippen LogP contribution in [0.25, 0.3) is 0 Å². The molecule has 2 fully saturated rings. The highest BCUT2D eigenvalue weighted by molar-refractivity contribution is 5.96. The Morgan fingerprint density at radius 2 is 1.55 bits per heavy atom. The Bertz CT molecular complexity index is 1660. The van der Waals surface area contributed by atoms with Gasteiger partial charge in [-0.05, 0) is 150 Å². The van der Waals surface area contributed by atoms with E-state index in [-0.39, 0.29) is 23.3 Å². The van der Waals surface area contributed by atoms with Crippen LogP contribution in [-0.2, 0) is 21.7 Å². The van der Waals surface area contributed by atoms with E-state index in [9.17, 15) is 18.4 Å². The quantitative estimate of drug-likeness (QED) is 0.218. The van der Waals surface area contributed by atoms with Crippen LogP contribution in [-0.4, -0.2) is 85.3 Å². The molecule has 3 aromatic rings. The number of carbonyl (C=O) groups excluding carboxylic acids is 2. The number of rotatable bonds is 12. The molecule has 3 aromatic carbocycles. The van der Waals surface area contributed by atoms with Gasteiger partial charge < -0.3 is 20.3 Å². The summed E-state index contributed by atoms with van der Waals surface area (Å²) in [5, 5.41) is 9.11. The Kier molecular flexibility index (Phi) is 13.1. The Labute approximate surface area is 301 Å². The summed E-state index contributed by atoms with van der Waals surface area (Å²) in [7, 11) is 4.10. The first-order chi connectivity index (χ1) is 24.6. The lowest BCUT2D eigenvalue weighted by atomic mass is 9.81. The molecule has 8 nitrogen and oxygen atoms in total. The zero-order valence-electron chi connectivity index (χ0n) is 30.0. The summed E-state index contributed by atoms with van der Waals surface area (Å²) in [6.07, 6.45) is 8.06. The van der Waals surface area contributed by atoms with Crippen molar-refractivity contribution < 1.29 is 23.1 Å². The van der Waals surface area contributed by atoms with Crippen molar-refractivity contribution in [2.45, 2.75) is 75.5 Å². The first kappa shape index (κ1) is 38.2. The minimum absolute atomic E-state index is 0.0480. The number of primary amides is 1. The molecule has 272 valence electrons. The van der Waals surface area contributed by atoms with Crippen LogP contribution < -0.4 is 5.73 Å². The number of ether oxygens (including phenoxy) is 1. The van der Waals surface area contributed by atoms with E-state index in [1.54, 1.807) is 24.3 Å². The number of carbonyl (C=O) groups is 2. The van der Waals surface area contributed by atoms with Crippen LogP contribution in [0.4, 0.5) is 8.78 Å². The number of amides is 1. The molecular weight excluding hydrogens is 648 g/mol. The number of piperidine rings is 2. The number of fused-ring (bicyclic) bond motifs is 1. The number of hydrogen-bond donors (Lipinski definition) is 1. The van der Waals surface area contributed by atoms with Crippen molar-refractivity contribution in [3.05, 3.63) is 106 Å². The predicted octanol–water partition coefficient (Wildman–Crippen LogP) is 6.41. The van der Waals surface area contributed by atoms with Gasteiger partial charge >= 0.3 is 0 Å². The molecule has 2 N–H and O–H groups in total. The summed E-state index contributed by atoms with van der Waals surface area (Å²) in [6, 6.07) is 20.2. The van der Waals surface area contributed by atoms with Crippen LogP contribution in [0.5, 0.6) is 0 Å². The van der Waals surface area contributed by atoms with Crippen molar-refractivity contribution in [1.29, 1.82) is 5.26 Å². The lowest BCUT2D eigenvalue weighted by molar-refractivity contribution is -0.134. The van der Waals surface area contributed by atoms with Crippen molar-refractivity contribution in [2.24, 2.45) is 5.73 Å². The van der Waals surface area contributed by atoms with E-state index < -0.39 is 11.1 Å². The van der Waals surface area contributed by atoms with Gasteiger partial charge in [-0.1, -0.05) is 24.6 Å². The molecule has 0 saturated carbocycles. The smallest absolute Gasteiger partial charge is 0.238 e. The fourth-order valence-corrected chi connectivity index (χ4v) is 7.84. The SMILES string of the molecule is CN(C)CCCC1(c2ccc(F)cc2)OCc2cc(C#N)ccc21.NC(=O)C1(N2CCCCC2)CCN(CCCC(=O)c2ccc(F)cc2)CC1. The van der Waals surface area contributed by atoms with E-state index in [4.69, 9.17) is 15.7 Å². The number of ketones is 1. The molecule has 1 amide bonds. The molecule has 10 heteroatoms. The maximum atomic E-state index is 13.4. The van der Waals surface area contributed by atoms with Crippen molar-refractivity contribution >= 4 is 11.7 Å². The van der Waals surface area contributed by atoms with Crippen molar-refractivity contribution in [3.8, 4) is 6.07 Å². The Morgan fingerprint density at radius 3 is 2.16 bits per heavy atom. The number of benzene rings is 3. The zero-order chi connectivity index (χ0) is 36.4. The van der Waals surface area contributed by atoms with Crippen LogP contribution in [0.1, 0.15) is 90.4 Å². The molecule has 0 aliphatic carbocycles. The Morgan fingerprint density at radius 1 is 0.902 bits per heavy atom. The average molecular weight is 700 g/mol. The highest BCUT2D eigenvalue weighted by atomic mass is 19.1. The topological polar surface area (TPSA) is 103 Å². The van der Waals surface area contributed by atoms with Gasteiger partial charge in [-0.15, -0.1) is 0 Å². The molecular formula is C41H51F2N5O3. The summed E-state index contributed by atoms with van der Waals surface area (Å²) in [4.78, 5) is 31.2. The zero-order valence-corrected chi connectivity index (χ0v) is 30.0. The number of Topliss-reactive ketones (excluding diaryl/α,β-unsaturated/α-hetero) is 1. The average Bonchev–Trinajstić information content (AvgIpc) is 3.51. The summed E-state index contributed by atoms with van der Waals surface area (Å²) >= 11 is 0. The third-order valence-corrected chi connectivity index (χ3v) is 10.7. The van der Waals surface area contributed by atoms with E-state index in [1.807, 2.05) is 32.3 Å². The van der Waals surface area contributed by atoms with Crippen LogP contribution >= 0.6 is 0 Å². The maximum absolute atomic E-state index is 13.4. The number of nitrogens with two attached hydrogens (primary N) is 1. The second-order valence-electron chi connectivity index (χ2n) is 14.3. The molecule has 2 saturated heterocycles. The molecule has 0 bridgehead atoms. The molecule has 3 aliphatic rings. The second-order valence-corrected chi connectivity index (χ2v) is 14.3. The largest absolute Gasteiger partial charge is 0.368 e. The number of hydrogen-bond acceptors (Lipinski definition) is 7. The van der Waals surface area contributed by atoms with Crippen molar-refractivity contribution in [1.82, 2.24) is 14.7 Å². The Balaban J connectivity index is 0.000000199. The number of nitriles is 1. The number of halogens is 2. The van der Waals surface area contributed by atoms with Crippen LogP contribution in [0.3, 0.4) is 0 Å².